The summed E-state index contributed by atoms with van der Waals surface area (Å²) < 4.78 is 37.5. The van der Waals surface area contributed by atoms with E-state index >= 15 is 0 Å². The van der Waals surface area contributed by atoms with Crippen molar-refractivity contribution in [1.82, 2.24) is 0 Å². The van der Waals surface area contributed by atoms with E-state index in [4.69, 9.17) is 28.1 Å². The van der Waals surface area contributed by atoms with Crippen LogP contribution in [0.2, 0.25) is 0 Å². The fraction of sp³-hybridized carbons (Fsp3) is 0.0345. The summed E-state index contributed by atoms with van der Waals surface area (Å²) in [6, 6.07) is 31.4. The van der Waals surface area contributed by atoms with Gasteiger partial charge < -0.3 is 4.84 Å². The molecule has 3 aromatic rings. The van der Waals surface area contributed by atoms with E-state index in [1.165, 1.54) is 22.3 Å². The van der Waals surface area contributed by atoms with E-state index in [-0.39, 0.29) is 26.9 Å². The van der Waals surface area contributed by atoms with Gasteiger partial charge in [0.25, 0.3) is 0 Å². The van der Waals surface area contributed by atoms with Crippen molar-refractivity contribution in [3.63, 3.8) is 0 Å². The largest absolute Gasteiger partial charge is 0 e. The van der Waals surface area contributed by atoms with Gasteiger partial charge in [-0.2, -0.15) is 0 Å². The van der Waals surface area contributed by atoms with E-state index in [1.807, 2.05) is 12.1 Å². The predicted molar refractivity (Wildman–Crippen MR) is 133 cm³/mol. The van der Waals surface area contributed by atoms with Gasteiger partial charge in [-0.05, 0) is 28.6 Å². The summed E-state index contributed by atoms with van der Waals surface area (Å²) in [5.74, 6) is 2.34. The van der Waals surface area contributed by atoms with Crippen LogP contribution in [0.5, 0.6) is 0 Å². The summed E-state index contributed by atoms with van der Waals surface area (Å²) in [7, 11) is -0.688. The van der Waals surface area contributed by atoms with Gasteiger partial charge in [-0.15, -0.1) is 0 Å². The molecule has 2 heterocycles. The molecule has 0 aromatic heterocycles. The summed E-state index contributed by atoms with van der Waals surface area (Å²) in [4.78, 5) is 5.98. The Hall–Kier alpha value is -3.57. The smallest absolute Gasteiger partial charge is 0 e. The number of rotatable bonds is 3. The second-order valence-electron chi connectivity index (χ2n) is 6.56. The molecule has 0 saturated carbocycles. The molecule has 186 valence electrons. The Kier molecular flexibility index (Phi) is 21.8. The van der Waals surface area contributed by atoms with Crippen LogP contribution in [0.4, 0.5) is 0 Å². The van der Waals surface area contributed by atoms with Crippen molar-refractivity contribution in [2.24, 2.45) is 5.16 Å². The van der Waals surface area contributed by atoms with Gasteiger partial charge in [0.1, 0.15) is 5.45 Å². The Morgan fingerprint density at radius 2 is 0.974 bits per heavy atom. The standard InChI is InChI=1S/C24H18NOP.5CO.W/c1-4-10-18(11-5-1)21-16-22(19-12-6-2-7-13-19)24-26-25-23(27(24)17-21)20-14-8-3-9-15-20;5*1-2;/h1-17,24H;;;;;;. The van der Waals surface area contributed by atoms with E-state index in [0.29, 0.717) is 0 Å². The minimum absolute atomic E-state index is 0. The first-order chi connectivity index (χ1) is 18.4. The Morgan fingerprint density at radius 1 is 0.579 bits per heavy atom. The molecule has 2 unspecified atom stereocenters. The maximum Gasteiger partial charge on any atom is 0 e. The van der Waals surface area contributed by atoms with Gasteiger partial charge in [0, 0.05) is 40.1 Å². The van der Waals surface area contributed by atoms with E-state index in [0.717, 1.165) is 11.0 Å². The summed E-state index contributed by atoms with van der Waals surface area (Å²) >= 11 is 0. The SMILES string of the molecule is C1=C(c2ccccc2)C=C(c2ccccc2)C2ON=C(c3ccccc3)P12.[C-]#[O+].[C-]#[O+].[C-]#[O+].[C-]#[O+].[C-]#[O+].[W]. The molecule has 0 fully saturated rings. The fourth-order valence-corrected chi connectivity index (χ4v) is 5.77. The quantitative estimate of drug-likeness (QED) is 0.183. The Morgan fingerprint density at radius 3 is 1.42 bits per heavy atom. The van der Waals surface area contributed by atoms with Crippen LogP contribution in [0.1, 0.15) is 16.7 Å². The minimum atomic E-state index is -0.688. The van der Waals surface area contributed by atoms with Crippen molar-refractivity contribution in [3.8, 4) is 0 Å². The van der Waals surface area contributed by atoms with Crippen LogP contribution in [0.15, 0.2) is 108 Å². The first-order valence-electron chi connectivity index (χ1n) is 10.0. The number of benzene rings is 3. The fourth-order valence-electron chi connectivity index (χ4n) is 3.50. The van der Waals surface area contributed by atoms with Gasteiger partial charge >= 0.3 is 56.5 Å². The maximum absolute atomic E-state index is 7.50. The van der Waals surface area contributed by atoms with Gasteiger partial charge in [-0.3, -0.25) is 0 Å². The topological polar surface area (TPSA) is 121 Å². The molecule has 3 aromatic carbocycles. The third kappa shape index (κ3) is 9.71. The number of hydrogen-bond acceptors (Lipinski definition) is 2. The van der Waals surface area contributed by atoms with Crippen LogP contribution < -0.4 is 0 Å². The Balaban J connectivity index is 0. The van der Waals surface area contributed by atoms with E-state index in [1.54, 1.807) is 0 Å². The van der Waals surface area contributed by atoms with Crippen molar-refractivity contribution in [2.75, 3.05) is 0 Å². The zero-order valence-corrected chi connectivity index (χ0v) is 23.5. The molecular weight excluding hydrogens is 673 g/mol. The van der Waals surface area contributed by atoms with Crippen LogP contribution in [0, 0.1) is 33.3 Å². The molecule has 9 heteroatoms. The molecule has 5 rings (SSSR count). The third-order valence-corrected chi connectivity index (χ3v) is 7.10. The van der Waals surface area contributed by atoms with E-state index in [2.05, 4.69) is 129 Å². The van der Waals surface area contributed by atoms with E-state index < -0.39 is 7.92 Å². The van der Waals surface area contributed by atoms with Crippen molar-refractivity contribution in [2.45, 2.75) is 5.85 Å². The molecule has 0 amide bonds. The monoisotopic (exact) mass is 691 g/mol. The van der Waals surface area contributed by atoms with Crippen LogP contribution in [-0.4, -0.2) is 11.3 Å². The number of allylic oxidation sites excluding steroid dienone is 2. The first kappa shape index (κ1) is 36.6. The number of fused-ring (bicyclic) bond motifs is 1. The molecule has 0 bridgehead atoms. The third-order valence-electron chi connectivity index (χ3n) is 4.84. The second kappa shape index (κ2) is 22.6. The number of hydrogen-bond donors (Lipinski definition) is 0. The molecule has 7 nitrogen and oxygen atoms in total. The predicted octanol–water partition coefficient (Wildman–Crippen LogP) is 6.13. The molecule has 0 aliphatic carbocycles. The van der Waals surface area contributed by atoms with Gasteiger partial charge in [-0.1, -0.05) is 96.2 Å². The molecule has 38 heavy (non-hydrogen) atoms. The Labute approximate surface area is 236 Å². The second-order valence-corrected chi connectivity index (χ2v) is 8.53. The van der Waals surface area contributed by atoms with Crippen molar-refractivity contribution in [3.05, 3.63) is 153 Å². The summed E-state index contributed by atoms with van der Waals surface area (Å²) in [6.45, 7) is 22.5. The molecule has 2 aliphatic heterocycles. The van der Waals surface area contributed by atoms with Crippen molar-refractivity contribution < 1.29 is 49.2 Å². The molecule has 0 N–H and O–H groups in total. The average Bonchev–Trinajstić information content (AvgIpc) is 3.47. The van der Waals surface area contributed by atoms with Gasteiger partial charge in [-0.25, -0.2) is 0 Å². The van der Waals surface area contributed by atoms with Crippen LogP contribution in [-0.2, 0) is 49.2 Å². The normalized spacial score (nSPS) is 15.1. The zero-order valence-electron chi connectivity index (χ0n) is 19.6. The van der Waals surface area contributed by atoms with Gasteiger partial charge in [0.05, 0.1) is 0 Å². The first-order valence-corrected chi connectivity index (χ1v) is 11.5. The van der Waals surface area contributed by atoms with Gasteiger partial charge in [0.15, 0.2) is 5.85 Å². The zero-order chi connectivity index (χ0) is 28.1. The molecule has 0 spiro atoms. The summed E-state index contributed by atoms with van der Waals surface area (Å²) in [6.07, 6.45) is 2.26. The Bertz CT molecular complexity index is 1250. The molecule has 0 radical (unpaired) electrons. The summed E-state index contributed by atoms with van der Waals surface area (Å²) in [5, 5.41) is 4.51. The van der Waals surface area contributed by atoms with Crippen molar-refractivity contribution in [1.29, 1.82) is 0 Å². The van der Waals surface area contributed by atoms with Crippen LogP contribution in [0.3, 0.4) is 0 Å². The van der Waals surface area contributed by atoms with E-state index in [9.17, 15) is 0 Å². The maximum atomic E-state index is 7.50. The average molecular weight is 691 g/mol. The summed E-state index contributed by atoms with van der Waals surface area (Å²) in [5.41, 5.74) is 7.07. The van der Waals surface area contributed by atoms with Gasteiger partial charge in [0.2, 0.25) is 0 Å². The molecular formula is C29H18NO6PW. The molecule has 0 saturated heterocycles. The molecule has 2 aliphatic rings. The van der Waals surface area contributed by atoms with Crippen LogP contribution in [0.25, 0.3) is 11.1 Å². The van der Waals surface area contributed by atoms with Crippen LogP contribution >= 0.6 is 7.92 Å². The molecule has 2 atom stereocenters. The minimum Gasteiger partial charge on any atom is 0 e. The van der Waals surface area contributed by atoms with Crippen molar-refractivity contribution >= 4 is 24.5 Å². The number of oxime groups is 1. The number of nitrogens with zero attached hydrogens (tertiary/aromatic N) is 1.